The van der Waals surface area contributed by atoms with Crippen LogP contribution in [-0.2, 0) is 0 Å². The van der Waals surface area contributed by atoms with Crippen LogP contribution in [0.15, 0.2) is 29.1 Å². The van der Waals surface area contributed by atoms with Crippen molar-refractivity contribution >= 4 is 11.7 Å². The summed E-state index contributed by atoms with van der Waals surface area (Å²) in [6.07, 6.45) is 0. The third-order valence-electron chi connectivity index (χ3n) is 4.30. The minimum absolute atomic E-state index is 0.226. The zero-order chi connectivity index (χ0) is 20.4. The van der Waals surface area contributed by atoms with Gasteiger partial charge in [-0.25, -0.2) is 4.98 Å². The second kappa shape index (κ2) is 7.55. The van der Waals surface area contributed by atoms with Gasteiger partial charge in [0.25, 0.3) is 11.5 Å². The largest absolute Gasteiger partial charge is 0.493 e. The smallest absolute Gasteiger partial charge is 0.256 e. The fourth-order valence-corrected chi connectivity index (χ4v) is 2.65. The number of nitrogens with one attached hydrogen (secondary N) is 2. The first-order valence-electron chi connectivity index (χ1n) is 8.52. The summed E-state index contributed by atoms with van der Waals surface area (Å²) in [7, 11) is 3.02. The van der Waals surface area contributed by atoms with Gasteiger partial charge >= 0.3 is 0 Å². The Morgan fingerprint density at radius 2 is 1.82 bits per heavy atom. The molecule has 1 amide bonds. The molecule has 3 aromatic rings. The van der Waals surface area contributed by atoms with Gasteiger partial charge in [0.1, 0.15) is 5.82 Å². The molecule has 2 N–H and O–H groups in total. The summed E-state index contributed by atoms with van der Waals surface area (Å²) in [5.41, 5.74) is 1.90. The molecule has 2 heterocycles. The van der Waals surface area contributed by atoms with E-state index in [-0.39, 0.29) is 17.4 Å². The number of nitrogens with zero attached hydrogens (tertiary/aromatic N) is 3. The first kappa shape index (κ1) is 19.2. The molecular weight excluding hydrogens is 362 g/mol. The van der Waals surface area contributed by atoms with Gasteiger partial charge in [0.15, 0.2) is 11.5 Å². The quantitative estimate of drug-likeness (QED) is 0.698. The Hall–Kier alpha value is -3.62. The Morgan fingerprint density at radius 1 is 1.11 bits per heavy atom. The fourth-order valence-electron chi connectivity index (χ4n) is 2.65. The molecule has 0 aliphatic heterocycles. The molecule has 0 aliphatic carbocycles. The van der Waals surface area contributed by atoms with Crippen LogP contribution in [0.1, 0.15) is 27.3 Å². The van der Waals surface area contributed by atoms with E-state index < -0.39 is 0 Å². The number of methoxy groups -OCH3 is 2. The lowest BCUT2D eigenvalue weighted by Gasteiger charge is -2.11. The number of aromatic nitrogens is 4. The van der Waals surface area contributed by atoms with Gasteiger partial charge < -0.3 is 14.8 Å². The molecule has 146 valence electrons. The minimum atomic E-state index is -0.367. The number of ether oxygens (including phenoxy) is 2. The molecule has 0 atom stereocenters. The molecular formula is C19H21N5O4. The third kappa shape index (κ3) is 3.59. The summed E-state index contributed by atoms with van der Waals surface area (Å²) >= 11 is 0. The van der Waals surface area contributed by atoms with E-state index in [0.29, 0.717) is 39.8 Å². The molecule has 0 aliphatic rings. The number of H-pyrrole nitrogens is 1. The number of aromatic amines is 1. The van der Waals surface area contributed by atoms with Crippen molar-refractivity contribution in [2.75, 3.05) is 19.5 Å². The normalized spacial score (nSPS) is 10.6. The average Bonchev–Trinajstić information content (AvgIpc) is 3.05. The molecule has 3 rings (SSSR count). The van der Waals surface area contributed by atoms with Gasteiger partial charge in [-0.3, -0.25) is 14.6 Å². The van der Waals surface area contributed by atoms with Crippen LogP contribution in [-0.4, -0.2) is 39.9 Å². The minimum Gasteiger partial charge on any atom is -0.493 e. The molecule has 0 spiro atoms. The number of hydrogen-bond donors (Lipinski definition) is 2. The molecule has 9 nitrogen and oxygen atoms in total. The second-order valence-corrected chi connectivity index (χ2v) is 6.21. The molecule has 0 radical (unpaired) electrons. The van der Waals surface area contributed by atoms with E-state index in [2.05, 4.69) is 20.4 Å². The van der Waals surface area contributed by atoms with E-state index in [9.17, 15) is 9.59 Å². The van der Waals surface area contributed by atoms with Crippen LogP contribution in [0, 0.1) is 20.8 Å². The van der Waals surface area contributed by atoms with Gasteiger partial charge in [0.2, 0.25) is 5.95 Å². The molecule has 0 bridgehead atoms. The molecule has 0 saturated carbocycles. The molecule has 1 aromatic carbocycles. The number of benzene rings is 1. The first-order valence-corrected chi connectivity index (χ1v) is 8.52. The zero-order valence-electron chi connectivity index (χ0n) is 16.3. The van der Waals surface area contributed by atoms with E-state index in [1.165, 1.54) is 18.9 Å². The van der Waals surface area contributed by atoms with Crippen molar-refractivity contribution in [3.05, 3.63) is 57.1 Å². The van der Waals surface area contributed by atoms with E-state index in [0.717, 1.165) is 0 Å². The van der Waals surface area contributed by atoms with Gasteiger partial charge in [-0.15, -0.1) is 0 Å². The number of anilines is 1. The summed E-state index contributed by atoms with van der Waals surface area (Å²) < 4.78 is 11.8. The van der Waals surface area contributed by atoms with Crippen LogP contribution in [0.3, 0.4) is 0 Å². The summed E-state index contributed by atoms with van der Waals surface area (Å²) in [6, 6.07) is 6.55. The average molecular weight is 383 g/mol. The van der Waals surface area contributed by atoms with Gasteiger partial charge in [-0.2, -0.15) is 9.78 Å². The Morgan fingerprint density at radius 3 is 2.46 bits per heavy atom. The predicted molar refractivity (Wildman–Crippen MR) is 104 cm³/mol. The van der Waals surface area contributed by atoms with Crippen molar-refractivity contribution in [1.82, 2.24) is 19.7 Å². The van der Waals surface area contributed by atoms with Crippen molar-refractivity contribution in [3.63, 3.8) is 0 Å². The number of rotatable bonds is 5. The van der Waals surface area contributed by atoms with E-state index in [1.807, 2.05) is 0 Å². The summed E-state index contributed by atoms with van der Waals surface area (Å²) in [6.45, 7) is 5.22. The Labute approximate surface area is 161 Å². The maximum absolute atomic E-state index is 12.7. The standard InChI is InChI=1S/C19H21N5O4/c1-10-8-16(24(23-10)19-20-12(3)11(2)17(25)22-19)21-18(26)13-6-7-14(27-4)15(9-13)28-5/h6-9H,1-5H3,(H,21,26)(H,20,22,25). The highest BCUT2D eigenvalue weighted by Gasteiger charge is 2.16. The maximum atomic E-state index is 12.7. The van der Waals surface area contributed by atoms with Crippen LogP contribution in [0.5, 0.6) is 11.5 Å². The van der Waals surface area contributed by atoms with Crippen LogP contribution in [0.2, 0.25) is 0 Å². The van der Waals surface area contributed by atoms with Crippen molar-refractivity contribution in [2.24, 2.45) is 0 Å². The Bertz CT molecular complexity index is 1100. The van der Waals surface area contributed by atoms with Gasteiger partial charge in [-0.05, 0) is 39.0 Å². The Kier molecular flexibility index (Phi) is 5.16. The number of amides is 1. The third-order valence-corrected chi connectivity index (χ3v) is 4.30. The molecule has 28 heavy (non-hydrogen) atoms. The monoisotopic (exact) mass is 383 g/mol. The maximum Gasteiger partial charge on any atom is 0.256 e. The zero-order valence-corrected chi connectivity index (χ0v) is 16.3. The topological polar surface area (TPSA) is 111 Å². The molecule has 0 fully saturated rings. The Balaban J connectivity index is 1.96. The van der Waals surface area contributed by atoms with Crippen molar-refractivity contribution < 1.29 is 14.3 Å². The predicted octanol–water partition coefficient (Wildman–Crippen LogP) is 2.15. The van der Waals surface area contributed by atoms with Crippen molar-refractivity contribution in [2.45, 2.75) is 20.8 Å². The van der Waals surface area contributed by atoms with Crippen LogP contribution < -0.4 is 20.3 Å². The summed E-state index contributed by atoms with van der Waals surface area (Å²) in [4.78, 5) is 31.8. The summed E-state index contributed by atoms with van der Waals surface area (Å²) in [5.74, 6) is 1.21. The van der Waals surface area contributed by atoms with Gasteiger partial charge in [0.05, 0.1) is 19.9 Å². The number of aryl methyl sites for hydroxylation is 2. The van der Waals surface area contributed by atoms with E-state index in [1.54, 1.807) is 45.0 Å². The SMILES string of the molecule is COc1ccc(C(=O)Nc2cc(C)nn2-c2nc(C)c(C)c(=O)[nH]2)cc1OC. The second-order valence-electron chi connectivity index (χ2n) is 6.21. The van der Waals surface area contributed by atoms with Crippen molar-refractivity contribution in [3.8, 4) is 17.4 Å². The molecule has 2 aromatic heterocycles. The van der Waals surface area contributed by atoms with Crippen LogP contribution >= 0.6 is 0 Å². The number of hydrogen-bond acceptors (Lipinski definition) is 6. The van der Waals surface area contributed by atoms with E-state index in [4.69, 9.17) is 9.47 Å². The van der Waals surface area contributed by atoms with E-state index >= 15 is 0 Å². The lowest BCUT2D eigenvalue weighted by molar-refractivity contribution is 0.102. The fraction of sp³-hybridized carbons (Fsp3) is 0.263. The highest BCUT2D eigenvalue weighted by atomic mass is 16.5. The highest BCUT2D eigenvalue weighted by Crippen LogP contribution is 2.28. The molecule has 9 heteroatoms. The number of carbonyl (C=O) groups excluding carboxylic acids is 1. The first-order chi connectivity index (χ1) is 13.3. The summed E-state index contributed by atoms with van der Waals surface area (Å²) in [5, 5.41) is 7.12. The van der Waals surface area contributed by atoms with Crippen molar-refractivity contribution in [1.29, 1.82) is 0 Å². The lowest BCUT2D eigenvalue weighted by atomic mass is 10.2. The van der Waals surface area contributed by atoms with Gasteiger partial charge in [-0.1, -0.05) is 0 Å². The highest BCUT2D eigenvalue weighted by molar-refractivity contribution is 6.04. The molecule has 0 saturated heterocycles. The molecule has 0 unspecified atom stereocenters. The van der Waals surface area contributed by atoms with Crippen LogP contribution in [0.4, 0.5) is 5.82 Å². The number of carbonyl (C=O) groups is 1. The lowest BCUT2D eigenvalue weighted by Crippen LogP contribution is -2.20. The van der Waals surface area contributed by atoms with Crippen LogP contribution in [0.25, 0.3) is 5.95 Å². The van der Waals surface area contributed by atoms with Gasteiger partial charge in [0, 0.05) is 22.9 Å².